The van der Waals surface area contributed by atoms with Crippen LogP contribution >= 0.6 is 0 Å². The summed E-state index contributed by atoms with van der Waals surface area (Å²) in [4.78, 5) is 17.3. The van der Waals surface area contributed by atoms with Crippen molar-refractivity contribution >= 4 is 5.91 Å². The molecule has 2 aliphatic heterocycles. The normalized spacial score (nSPS) is 32.3. The van der Waals surface area contributed by atoms with Crippen LogP contribution in [0.1, 0.15) is 51.4 Å². The molecule has 0 bridgehead atoms. The van der Waals surface area contributed by atoms with Crippen molar-refractivity contribution in [1.29, 1.82) is 0 Å². The molecule has 0 aromatic rings. The number of amides is 1. The molecule has 3 rings (SSSR count). The summed E-state index contributed by atoms with van der Waals surface area (Å²) in [6, 6.07) is 0.241. The number of nitrogens with one attached hydrogen (secondary N) is 1. The second-order valence-electron chi connectivity index (χ2n) is 7.95. The van der Waals surface area contributed by atoms with Crippen molar-refractivity contribution in [3.05, 3.63) is 0 Å². The topological polar surface area (TPSA) is 55.8 Å². The molecule has 0 unspecified atom stereocenters. The predicted octanol–water partition coefficient (Wildman–Crippen LogP) is 1.21. The number of piperidine rings is 1. The van der Waals surface area contributed by atoms with Crippen molar-refractivity contribution in [3.63, 3.8) is 0 Å². The quantitative estimate of drug-likeness (QED) is 0.817. The summed E-state index contributed by atoms with van der Waals surface area (Å²) in [5.74, 6) is 0.822. The Morgan fingerprint density at radius 2 is 1.83 bits per heavy atom. The zero-order valence-corrected chi connectivity index (χ0v) is 14.5. The summed E-state index contributed by atoms with van der Waals surface area (Å²) in [6.45, 7) is 3.93. The smallest absolute Gasteiger partial charge is 0.237 e. The third-order valence-electron chi connectivity index (χ3n) is 5.97. The number of nitrogens with zero attached hydrogens (tertiary/aromatic N) is 2. The number of hydrogen-bond acceptors (Lipinski definition) is 4. The number of carbonyl (C=O) groups is 1. The van der Waals surface area contributed by atoms with Gasteiger partial charge in [0.25, 0.3) is 0 Å². The van der Waals surface area contributed by atoms with Gasteiger partial charge in [-0.2, -0.15) is 0 Å². The van der Waals surface area contributed by atoms with Gasteiger partial charge in [0.2, 0.25) is 5.91 Å². The van der Waals surface area contributed by atoms with Crippen LogP contribution in [0.5, 0.6) is 0 Å². The van der Waals surface area contributed by atoms with E-state index in [9.17, 15) is 9.90 Å². The van der Waals surface area contributed by atoms with Gasteiger partial charge in [-0.1, -0.05) is 19.3 Å². The highest BCUT2D eigenvalue weighted by Gasteiger charge is 2.37. The summed E-state index contributed by atoms with van der Waals surface area (Å²) < 4.78 is 0. The molecule has 2 saturated heterocycles. The lowest BCUT2D eigenvalue weighted by molar-refractivity contribution is -0.126. The Bertz CT molecular complexity index is 390. The fraction of sp³-hybridized carbons (Fsp3) is 0.944. The van der Waals surface area contributed by atoms with Crippen LogP contribution in [0.2, 0.25) is 0 Å². The summed E-state index contributed by atoms with van der Waals surface area (Å²) in [5, 5.41) is 13.3. The Labute approximate surface area is 140 Å². The van der Waals surface area contributed by atoms with Gasteiger partial charge in [0.05, 0.1) is 12.1 Å². The molecule has 5 heteroatoms. The minimum atomic E-state index is -0.344. The molecule has 3 fully saturated rings. The van der Waals surface area contributed by atoms with E-state index in [1.165, 1.54) is 32.1 Å². The van der Waals surface area contributed by atoms with Crippen LogP contribution in [-0.4, -0.2) is 72.2 Å². The van der Waals surface area contributed by atoms with E-state index in [1.54, 1.807) is 0 Å². The Morgan fingerprint density at radius 1 is 1.13 bits per heavy atom. The zero-order valence-electron chi connectivity index (χ0n) is 14.5. The summed E-state index contributed by atoms with van der Waals surface area (Å²) in [7, 11) is 2.18. The third kappa shape index (κ3) is 4.68. The lowest BCUT2D eigenvalue weighted by atomic mass is 9.95. The van der Waals surface area contributed by atoms with E-state index in [0.717, 1.165) is 32.5 Å². The van der Waals surface area contributed by atoms with Gasteiger partial charge in [0, 0.05) is 19.1 Å². The first-order valence-electron chi connectivity index (χ1n) is 9.53. The average Bonchev–Trinajstić information content (AvgIpc) is 2.91. The molecule has 23 heavy (non-hydrogen) atoms. The Hall–Kier alpha value is -0.650. The molecule has 5 nitrogen and oxygen atoms in total. The molecule has 1 saturated carbocycles. The van der Waals surface area contributed by atoms with Gasteiger partial charge in [-0.15, -0.1) is 0 Å². The molecule has 0 radical (unpaired) electrons. The first kappa shape index (κ1) is 17.2. The van der Waals surface area contributed by atoms with Crippen molar-refractivity contribution in [2.45, 2.75) is 69.6 Å². The van der Waals surface area contributed by atoms with E-state index in [2.05, 4.69) is 22.2 Å². The van der Waals surface area contributed by atoms with Gasteiger partial charge >= 0.3 is 0 Å². The van der Waals surface area contributed by atoms with Crippen LogP contribution < -0.4 is 5.32 Å². The van der Waals surface area contributed by atoms with Crippen LogP contribution in [0.3, 0.4) is 0 Å². The van der Waals surface area contributed by atoms with E-state index in [-0.39, 0.29) is 18.1 Å². The summed E-state index contributed by atoms with van der Waals surface area (Å²) in [6.07, 6.45) is 8.69. The van der Waals surface area contributed by atoms with Crippen molar-refractivity contribution < 1.29 is 9.90 Å². The highest BCUT2D eigenvalue weighted by atomic mass is 16.3. The van der Waals surface area contributed by atoms with Crippen LogP contribution in [0.25, 0.3) is 0 Å². The Kier molecular flexibility index (Phi) is 5.94. The van der Waals surface area contributed by atoms with E-state index in [0.29, 0.717) is 24.9 Å². The minimum absolute atomic E-state index is 0.119. The Balaban J connectivity index is 1.52. The molecular formula is C18H33N3O2. The van der Waals surface area contributed by atoms with Crippen LogP contribution in [-0.2, 0) is 4.79 Å². The van der Waals surface area contributed by atoms with Crippen molar-refractivity contribution in [2.75, 3.05) is 33.2 Å². The molecule has 0 spiro atoms. The van der Waals surface area contributed by atoms with Gasteiger partial charge in [-0.25, -0.2) is 0 Å². The largest absolute Gasteiger partial charge is 0.392 e. The highest BCUT2D eigenvalue weighted by Crippen LogP contribution is 2.25. The number of likely N-dealkylation sites (tertiary alicyclic amines) is 2. The van der Waals surface area contributed by atoms with E-state index in [1.807, 2.05) is 0 Å². The number of aliphatic hydroxyl groups excluding tert-OH is 1. The number of aliphatic hydroxyl groups is 1. The molecule has 0 aromatic carbocycles. The zero-order chi connectivity index (χ0) is 16.2. The first-order valence-corrected chi connectivity index (χ1v) is 9.53. The number of carbonyl (C=O) groups excluding carboxylic acids is 1. The van der Waals surface area contributed by atoms with Gasteiger partial charge < -0.3 is 15.3 Å². The third-order valence-corrected chi connectivity index (χ3v) is 5.97. The fourth-order valence-corrected chi connectivity index (χ4v) is 4.47. The SMILES string of the molecule is CN1CCC(CN2C[C@H](O)C[C@@H]2C(=O)NC2CCCCC2)CC1. The van der Waals surface area contributed by atoms with E-state index in [4.69, 9.17) is 0 Å². The monoisotopic (exact) mass is 323 g/mol. The molecule has 2 N–H and O–H groups in total. The predicted molar refractivity (Wildman–Crippen MR) is 91.2 cm³/mol. The number of β-amino-alcohol motifs (C(OH)–C–C–N with tert-alkyl or cyclic N) is 1. The second kappa shape index (κ2) is 7.95. The molecule has 0 aromatic heterocycles. The van der Waals surface area contributed by atoms with Gasteiger partial charge in [0.1, 0.15) is 0 Å². The summed E-state index contributed by atoms with van der Waals surface area (Å²) in [5.41, 5.74) is 0. The molecular weight excluding hydrogens is 290 g/mol. The molecule has 2 atom stereocenters. The van der Waals surface area contributed by atoms with Crippen LogP contribution in [0, 0.1) is 5.92 Å². The molecule has 1 aliphatic carbocycles. The van der Waals surface area contributed by atoms with Crippen molar-refractivity contribution in [1.82, 2.24) is 15.1 Å². The summed E-state index contributed by atoms with van der Waals surface area (Å²) >= 11 is 0. The fourth-order valence-electron chi connectivity index (χ4n) is 4.47. The van der Waals surface area contributed by atoms with E-state index < -0.39 is 0 Å². The maximum absolute atomic E-state index is 12.7. The lowest BCUT2D eigenvalue weighted by Gasteiger charge is -2.34. The molecule has 3 aliphatic rings. The van der Waals surface area contributed by atoms with Crippen LogP contribution in [0.15, 0.2) is 0 Å². The standard InChI is InChI=1S/C18H33N3O2/c1-20-9-7-14(8-10-20)12-21-13-16(22)11-17(21)18(23)19-15-5-3-2-4-6-15/h14-17,22H,2-13H2,1H3,(H,19,23)/t16-,17-/m1/s1. The van der Waals surface area contributed by atoms with Gasteiger partial charge in [-0.3, -0.25) is 9.69 Å². The van der Waals surface area contributed by atoms with Crippen molar-refractivity contribution in [3.8, 4) is 0 Å². The van der Waals surface area contributed by atoms with Gasteiger partial charge in [-0.05, 0) is 58.2 Å². The van der Waals surface area contributed by atoms with Crippen LogP contribution in [0.4, 0.5) is 0 Å². The van der Waals surface area contributed by atoms with Crippen molar-refractivity contribution in [2.24, 2.45) is 5.92 Å². The van der Waals surface area contributed by atoms with Gasteiger partial charge in [0.15, 0.2) is 0 Å². The number of hydrogen-bond donors (Lipinski definition) is 2. The Morgan fingerprint density at radius 3 is 2.52 bits per heavy atom. The number of rotatable bonds is 4. The first-order chi connectivity index (χ1) is 11.1. The lowest BCUT2D eigenvalue weighted by Crippen LogP contribution is -2.49. The van der Waals surface area contributed by atoms with E-state index >= 15 is 0 Å². The minimum Gasteiger partial charge on any atom is -0.392 e. The average molecular weight is 323 g/mol. The highest BCUT2D eigenvalue weighted by molar-refractivity contribution is 5.82. The molecule has 132 valence electrons. The maximum Gasteiger partial charge on any atom is 0.237 e. The second-order valence-corrected chi connectivity index (χ2v) is 7.95. The molecule has 2 heterocycles. The molecule has 1 amide bonds. The maximum atomic E-state index is 12.7.